The maximum absolute atomic E-state index is 12.2. The Morgan fingerprint density at radius 2 is 2.05 bits per heavy atom. The van der Waals surface area contributed by atoms with Gasteiger partial charge in [0.05, 0.1) is 23.4 Å². The molecule has 120 valence electrons. The van der Waals surface area contributed by atoms with Crippen LogP contribution in [0.4, 0.5) is 4.79 Å². The molecule has 21 heavy (non-hydrogen) atoms. The van der Waals surface area contributed by atoms with E-state index < -0.39 is 6.10 Å². The number of carbonyl (C=O) groups is 1. The Hall–Kier alpha value is -1.14. The first-order valence-corrected chi connectivity index (χ1v) is 8.16. The number of carbonyl (C=O) groups excluding carboxylic acids is 1. The third-order valence-corrected chi connectivity index (χ3v) is 4.28. The van der Waals surface area contributed by atoms with Crippen LogP contribution in [0.5, 0.6) is 0 Å². The molecule has 0 radical (unpaired) electrons. The zero-order valence-electron chi connectivity index (χ0n) is 13.8. The summed E-state index contributed by atoms with van der Waals surface area (Å²) >= 11 is 1.62. The summed E-state index contributed by atoms with van der Waals surface area (Å²) in [5.74, 6) is 0. The first-order chi connectivity index (χ1) is 9.61. The first kappa shape index (κ1) is 17.9. The minimum absolute atomic E-state index is 0.0310. The van der Waals surface area contributed by atoms with Gasteiger partial charge in [0.15, 0.2) is 0 Å². The van der Waals surface area contributed by atoms with Gasteiger partial charge in [0.25, 0.3) is 0 Å². The molecule has 0 spiro atoms. The van der Waals surface area contributed by atoms with Gasteiger partial charge in [0.2, 0.25) is 0 Å². The van der Waals surface area contributed by atoms with Crippen LogP contribution in [0.3, 0.4) is 0 Å². The second-order valence-corrected chi connectivity index (χ2v) is 7.51. The van der Waals surface area contributed by atoms with Crippen molar-refractivity contribution in [2.75, 3.05) is 6.54 Å². The van der Waals surface area contributed by atoms with Gasteiger partial charge in [-0.1, -0.05) is 20.8 Å². The van der Waals surface area contributed by atoms with Crippen LogP contribution >= 0.6 is 11.3 Å². The number of aliphatic hydroxyl groups is 1. The van der Waals surface area contributed by atoms with Crippen LogP contribution in [-0.4, -0.2) is 39.7 Å². The van der Waals surface area contributed by atoms with Crippen molar-refractivity contribution in [1.82, 2.24) is 15.2 Å². The van der Waals surface area contributed by atoms with Crippen LogP contribution in [-0.2, 0) is 12.0 Å². The van der Waals surface area contributed by atoms with E-state index in [1.165, 1.54) is 0 Å². The predicted molar refractivity (Wildman–Crippen MR) is 86.6 cm³/mol. The molecule has 6 heteroatoms. The number of amides is 2. The number of aromatic nitrogens is 1. The lowest BCUT2D eigenvalue weighted by molar-refractivity contribution is 0.118. The monoisotopic (exact) mass is 313 g/mol. The fourth-order valence-corrected chi connectivity index (χ4v) is 2.72. The van der Waals surface area contributed by atoms with Gasteiger partial charge >= 0.3 is 6.03 Å². The van der Waals surface area contributed by atoms with Crippen molar-refractivity contribution in [1.29, 1.82) is 0 Å². The van der Waals surface area contributed by atoms with Crippen molar-refractivity contribution in [3.63, 3.8) is 0 Å². The zero-order chi connectivity index (χ0) is 16.2. The second-order valence-electron chi connectivity index (χ2n) is 6.65. The molecule has 0 fully saturated rings. The number of nitrogens with one attached hydrogen (secondary N) is 1. The van der Waals surface area contributed by atoms with E-state index in [0.717, 1.165) is 10.7 Å². The number of aliphatic hydroxyl groups excluding tert-OH is 1. The van der Waals surface area contributed by atoms with E-state index in [2.05, 4.69) is 31.1 Å². The Bertz CT molecular complexity index is 464. The Balaban J connectivity index is 2.61. The Morgan fingerprint density at radius 3 is 2.48 bits per heavy atom. The number of hydrogen-bond donors (Lipinski definition) is 2. The van der Waals surface area contributed by atoms with Crippen molar-refractivity contribution in [2.24, 2.45) is 0 Å². The summed E-state index contributed by atoms with van der Waals surface area (Å²) in [7, 11) is 0. The fourth-order valence-electron chi connectivity index (χ4n) is 1.81. The zero-order valence-corrected chi connectivity index (χ0v) is 14.6. The molecular formula is C15H27N3O2S. The molecular weight excluding hydrogens is 286 g/mol. The van der Waals surface area contributed by atoms with E-state index in [-0.39, 0.29) is 17.5 Å². The molecule has 5 nitrogen and oxygen atoms in total. The van der Waals surface area contributed by atoms with Crippen LogP contribution in [0.15, 0.2) is 5.38 Å². The van der Waals surface area contributed by atoms with E-state index in [1.54, 1.807) is 23.2 Å². The highest BCUT2D eigenvalue weighted by molar-refractivity contribution is 7.09. The van der Waals surface area contributed by atoms with Gasteiger partial charge < -0.3 is 15.3 Å². The average molecular weight is 313 g/mol. The molecule has 1 atom stereocenters. The van der Waals surface area contributed by atoms with E-state index in [0.29, 0.717) is 13.1 Å². The smallest absolute Gasteiger partial charge is 0.318 e. The molecule has 0 aliphatic rings. The summed E-state index contributed by atoms with van der Waals surface area (Å²) in [6, 6.07) is -0.128. The minimum atomic E-state index is -0.537. The first-order valence-electron chi connectivity index (χ1n) is 7.28. The molecule has 2 amide bonds. The highest BCUT2D eigenvalue weighted by Gasteiger charge is 2.20. The highest BCUT2D eigenvalue weighted by atomic mass is 32.1. The van der Waals surface area contributed by atoms with Gasteiger partial charge in [-0.2, -0.15) is 0 Å². The molecule has 0 bridgehead atoms. The van der Waals surface area contributed by atoms with Crippen molar-refractivity contribution in [3.8, 4) is 0 Å². The predicted octanol–water partition coefficient (Wildman–Crippen LogP) is 2.74. The molecule has 0 saturated carbocycles. The van der Waals surface area contributed by atoms with Gasteiger partial charge in [0.1, 0.15) is 0 Å². The third kappa shape index (κ3) is 5.63. The van der Waals surface area contributed by atoms with E-state index in [4.69, 9.17) is 0 Å². The van der Waals surface area contributed by atoms with E-state index >= 15 is 0 Å². The molecule has 1 unspecified atom stereocenters. The van der Waals surface area contributed by atoms with Crippen molar-refractivity contribution in [2.45, 2.75) is 65.6 Å². The molecule has 0 saturated heterocycles. The largest absolute Gasteiger partial charge is 0.392 e. The summed E-state index contributed by atoms with van der Waals surface area (Å²) in [6.45, 7) is 12.7. The molecule has 0 aliphatic carbocycles. The molecule has 0 aromatic carbocycles. The van der Waals surface area contributed by atoms with Gasteiger partial charge in [-0.3, -0.25) is 0 Å². The standard InChI is InChI=1S/C15H27N3O2S/c1-10(2)18(8-11(3)19)14(20)16-7-12-9-21-13(17-12)15(4,5)6/h9-11,19H,7-8H2,1-6H3,(H,16,20). The maximum Gasteiger partial charge on any atom is 0.318 e. The normalized spacial score (nSPS) is 13.3. The Kier molecular flexibility index (Phi) is 6.16. The molecule has 1 rings (SSSR count). The SMILES string of the molecule is CC(O)CN(C(=O)NCc1csc(C(C)(C)C)n1)C(C)C. The minimum Gasteiger partial charge on any atom is -0.392 e. The van der Waals surface area contributed by atoms with Crippen LogP contribution in [0.25, 0.3) is 0 Å². The number of rotatable bonds is 5. The topological polar surface area (TPSA) is 65.5 Å². The summed E-state index contributed by atoms with van der Waals surface area (Å²) in [4.78, 5) is 18.4. The van der Waals surface area contributed by atoms with E-state index in [9.17, 15) is 9.90 Å². The lowest BCUT2D eigenvalue weighted by Gasteiger charge is -2.28. The molecule has 2 N–H and O–H groups in total. The Labute approximate surface area is 131 Å². The van der Waals surface area contributed by atoms with Crippen LogP contribution in [0.2, 0.25) is 0 Å². The quantitative estimate of drug-likeness (QED) is 0.878. The number of thiazole rings is 1. The highest BCUT2D eigenvalue weighted by Crippen LogP contribution is 2.25. The molecule has 0 aliphatic heterocycles. The van der Waals surface area contributed by atoms with Crippen molar-refractivity contribution >= 4 is 17.4 Å². The lowest BCUT2D eigenvalue weighted by atomic mass is 9.98. The van der Waals surface area contributed by atoms with Crippen molar-refractivity contribution in [3.05, 3.63) is 16.1 Å². The second kappa shape index (κ2) is 7.22. The van der Waals surface area contributed by atoms with Gasteiger partial charge in [0, 0.05) is 23.4 Å². The van der Waals surface area contributed by atoms with Crippen LogP contribution < -0.4 is 5.32 Å². The van der Waals surface area contributed by atoms with Gasteiger partial charge in [-0.25, -0.2) is 9.78 Å². The number of nitrogens with zero attached hydrogens (tertiary/aromatic N) is 2. The third-order valence-electron chi connectivity index (χ3n) is 2.96. The fraction of sp³-hybridized carbons (Fsp3) is 0.733. The lowest BCUT2D eigenvalue weighted by Crippen LogP contribution is -2.46. The van der Waals surface area contributed by atoms with Crippen molar-refractivity contribution < 1.29 is 9.90 Å². The average Bonchev–Trinajstić information content (AvgIpc) is 2.81. The Morgan fingerprint density at radius 1 is 1.43 bits per heavy atom. The van der Waals surface area contributed by atoms with E-state index in [1.807, 2.05) is 19.2 Å². The summed E-state index contributed by atoms with van der Waals surface area (Å²) < 4.78 is 0. The van der Waals surface area contributed by atoms with Gasteiger partial charge in [-0.05, 0) is 20.8 Å². The summed E-state index contributed by atoms with van der Waals surface area (Å²) in [5, 5.41) is 15.4. The molecule has 1 heterocycles. The van der Waals surface area contributed by atoms with Crippen LogP contribution in [0.1, 0.15) is 52.2 Å². The van der Waals surface area contributed by atoms with Crippen LogP contribution in [0, 0.1) is 0 Å². The van der Waals surface area contributed by atoms with Gasteiger partial charge in [-0.15, -0.1) is 11.3 Å². The summed E-state index contributed by atoms with van der Waals surface area (Å²) in [5.41, 5.74) is 0.905. The molecule has 1 aromatic heterocycles. The molecule has 1 aromatic rings. The summed E-state index contributed by atoms with van der Waals surface area (Å²) in [6.07, 6.45) is -0.537. The number of urea groups is 1. The maximum atomic E-state index is 12.2. The number of hydrogen-bond acceptors (Lipinski definition) is 4.